The molecule has 0 unspecified atom stereocenters. The predicted molar refractivity (Wildman–Crippen MR) is 200 cm³/mol. The Morgan fingerprint density at radius 2 is 0.766 bits per heavy atom. The summed E-state index contributed by atoms with van der Waals surface area (Å²) in [6.45, 7) is 0. The molecule has 0 saturated carbocycles. The first-order valence-corrected chi connectivity index (χ1v) is 16.3. The number of halogens is 2. The second-order valence-corrected chi connectivity index (χ2v) is 12.6. The van der Waals surface area contributed by atoms with E-state index in [0.29, 0.717) is 10.0 Å². The van der Waals surface area contributed by atoms with Crippen LogP contribution in [0.15, 0.2) is 164 Å². The van der Waals surface area contributed by atoms with Gasteiger partial charge in [-0.25, -0.2) is 0 Å². The van der Waals surface area contributed by atoms with E-state index in [1.54, 1.807) is 0 Å². The summed E-state index contributed by atoms with van der Waals surface area (Å²) in [6.07, 6.45) is 0. The van der Waals surface area contributed by atoms with Crippen LogP contribution in [0, 0.1) is 0 Å². The van der Waals surface area contributed by atoms with E-state index in [1.807, 2.05) is 48.5 Å². The molecule has 0 saturated heterocycles. The van der Waals surface area contributed by atoms with Gasteiger partial charge < -0.3 is 14.0 Å². The Kier molecular flexibility index (Phi) is 6.56. The molecule has 2 aromatic heterocycles. The molecular formula is C42H27Cl2N3. The molecule has 3 nitrogen and oxygen atoms in total. The smallest absolute Gasteiger partial charge is 0.0782 e. The van der Waals surface area contributed by atoms with Gasteiger partial charge in [0.1, 0.15) is 0 Å². The molecular weight excluding hydrogens is 617 g/mol. The highest BCUT2D eigenvalue weighted by Crippen LogP contribution is 2.41. The summed E-state index contributed by atoms with van der Waals surface area (Å²) in [6, 6.07) is 57.3. The predicted octanol–water partition coefficient (Wildman–Crippen LogP) is 12.7. The molecule has 47 heavy (non-hydrogen) atoms. The molecule has 0 N–H and O–H groups in total. The molecule has 0 radical (unpaired) electrons. The fourth-order valence-corrected chi connectivity index (χ4v) is 7.26. The van der Waals surface area contributed by atoms with Gasteiger partial charge in [0.25, 0.3) is 0 Å². The van der Waals surface area contributed by atoms with Crippen LogP contribution in [0.4, 0.5) is 17.1 Å². The van der Waals surface area contributed by atoms with Gasteiger partial charge in [-0.2, -0.15) is 0 Å². The minimum Gasteiger partial charge on any atom is -0.311 e. The van der Waals surface area contributed by atoms with E-state index >= 15 is 0 Å². The summed E-state index contributed by atoms with van der Waals surface area (Å²) in [7, 11) is 0. The van der Waals surface area contributed by atoms with Crippen molar-refractivity contribution in [2.75, 3.05) is 4.90 Å². The molecule has 9 rings (SSSR count). The highest BCUT2D eigenvalue weighted by molar-refractivity contribution is 6.31. The first kappa shape index (κ1) is 27.8. The monoisotopic (exact) mass is 643 g/mol. The summed E-state index contributed by atoms with van der Waals surface area (Å²) in [5.41, 5.74) is 9.98. The summed E-state index contributed by atoms with van der Waals surface area (Å²) in [5.74, 6) is 0. The average Bonchev–Trinajstić information content (AvgIpc) is 3.64. The van der Waals surface area contributed by atoms with Gasteiger partial charge in [-0.1, -0.05) is 89.9 Å². The third-order valence-electron chi connectivity index (χ3n) is 9.03. The Morgan fingerprint density at radius 3 is 1.28 bits per heavy atom. The molecule has 7 aromatic carbocycles. The van der Waals surface area contributed by atoms with Crippen molar-refractivity contribution < 1.29 is 0 Å². The number of anilines is 3. The Balaban J connectivity index is 1.28. The van der Waals surface area contributed by atoms with Gasteiger partial charge in [0, 0.05) is 54.3 Å². The van der Waals surface area contributed by atoms with Crippen molar-refractivity contribution in [2.45, 2.75) is 0 Å². The summed E-state index contributed by atoms with van der Waals surface area (Å²) in [4.78, 5) is 2.21. The maximum Gasteiger partial charge on any atom is 0.0782 e. The van der Waals surface area contributed by atoms with Crippen molar-refractivity contribution in [2.24, 2.45) is 0 Å². The van der Waals surface area contributed by atoms with Crippen LogP contribution in [0.2, 0.25) is 10.0 Å². The number of rotatable bonds is 5. The van der Waals surface area contributed by atoms with Crippen LogP contribution < -0.4 is 4.90 Å². The van der Waals surface area contributed by atoms with E-state index < -0.39 is 0 Å². The van der Waals surface area contributed by atoms with Crippen molar-refractivity contribution in [1.29, 1.82) is 0 Å². The van der Waals surface area contributed by atoms with Gasteiger partial charge in [-0.3, -0.25) is 0 Å². The van der Waals surface area contributed by atoms with Crippen LogP contribution in [-0.4, -0.2) is 9.13 Å². The van der Waals surface area contributed by atoms with Crippen LogP contribution in [0.3, 0.4) is 0 Å². The lowest BCUT2D eigenvalue weighted by molar-refractivity contribution is 1.13. The van der Waals surface area contributed by atoms with Crippen LogP contribution in [0.5, 0.6) is 0 Å². The van der Waals surface area contributed by atoms with Crippen molar-refractivity contribution in [3.05, 3.63) is 174 Å². The van der Waals surface area contributed by atoms with E-state index in [-0.39, 0.29) is 0 Å². The molecule has 5 heteroatoms. The molecule has 9 aromatic rings. The zero-order valence-corrected chi connectivity index (χ0v) is 26.7. The summed E-state index contributed by atoms with van der Waals surface area (Å²) >= 11 is 12.6. The number of nitrogens with zero attached hydrogens (tertiary/aromatic N) is 3. The second kappa shape index (κ2) is 11.1. The minimum atomic E-state index is 0.700. The number of para-hydroxylation sites is 4. The lowest BCUT2D eigenvalue weighted by Crippen LogP contribution is -2.10. The van der Waals surface area contributed by atoms with E-state index in [9.17, 15) is 0 Å². The SMILES string of the molecule is Clc1ccc(N(c2ccc(Cl)cc2)c2ccc(-n3c4ccccc4c4cccc(-n5c6ccccc6c6ccccc65)c43)cc2)cc1. The fraction of sp³-hybridized carbons (Fsp3) is 0. The molecule has 0 fully saturated rings. The van der Waals surface area contributed by atoms with Crippen LogP contribution >= 0.6 is 23.2 Å². The third-order valence-corrected chi connectivity index (χ3v) is 9.53. The molecule has 224 valence electrons. The zero-order chi connectivity index (χ0) is 31.5. The van der Waals surface area contributed by atoms with Crippen molar-refractivity contribution in [3.8, 4) is 11.4 Å². The number of hydrogen-bond donors (Lipinski definition) is 0. The average molecular weight is 645 g/mol. The molecule has 0 amide bonds. The second-order valence-electron chi connectivity index (χ2n) is 11.7. The Labute approximate surface area is 282 Å². The van der Waals surface area contributed by atoms with E-state index in [1.165, 1.54) is 38.1 Å². The third kappa shape index (κ3) is 4.51. The topological polar surface area (TPSA) is 13.1 Å². The number of fused-ring (bicyclic) bond motifs is 6. The van der Waals surface area contributed by atoms with Gasteiger partial charge in [-0.15, -0.1) is 0 Å². The van der Waals surface area contributed by atoms with Crippen molar-refractivity contribution in [3.63, 3.8) is 0 Å². The molecule has 2 heterocycles. The highest BCUT2D eigenvalue weighted by atomic mass is 35.5. The van der Waals surface area contributed by atoms with E-state index in [2.05, 4.69) is 129 Å². The van der Waals surface area contributed by atoms with Gasteiger partial charge >= 0.3 is 0 Å². The van der Waals surface area contributed by atoms with Crippen LogP contribution in [0.1, 0.15) is 0 Å². The maximum absolute atomic E-state index is 6.28. The van der Waals surface area contributed by atoms with Gasteiger partial charge in [-0.05, 0) is 97.1 Å². The highest BCUT2D eigenvalue weighted by Gasteiger charge is 2.20. The first-order valence-electron chi connectivity index (χ1n) is 15.6. The van der Waals surface area contributed by atoms with E-state index in [4.69, 9.17) is 23.2 Å². The molecule has 0 aliphatic heterocycles. The zero-order valence-electron chi connectivity index (χ0n) is 25.2. The lowest BCUT2D eigenvalue weighted by atomic mass is 10.1. The largest absolute Gasteiger partial charge is 0.311 e. The first-order chi connectivity index (χ1) is 23.2. The van der Waals surface area contributed by atoms with Crippen molar-refractivity contribution >= 4 is 83.9 Å². The van der Waals surface area contributed by atoms with Gasteiger partial charge in [0.05, 0.1) is 27.8 Å². The Morgan fingerprint density at radius 1 is 0.362 bits per heavy atom. The van der Waals surface area contributed by atoms with Crippen LogP contribution in [-0.2, 0) is 0 Å². The molecule has 0 spiro atoms. The normalized spacial score (nSPS) is 11.6. The molecule has 0 bridgehead atoms. The van der Waals surface area contributed by atoms with Gasteiger partial charge in [0.2, 0.25) is 0 Å². The summed E-state index contributed by atoms with van der Waals surface area (Å²) in [5, 5.41) is 6.33. The Bertz CT molecular complexity index is 2480. The Hall–Kier alpha value is -5.48. The number of benzene rings is 7. The van der Waals surface area contributed by atoms with Gasteiger partial charge in [0.15, 0.2) is 0 Å². The van der Waals surface area contributed by atoms with E-state index in [0.717, 1.165) is 34.0 Å². The number of hydrogen-bond acceptors (Lipinski definition) is 1. The number of aromatic nitrogens is 2. The molecule has 0 atom stereocenters. The lowest BCUT2D eigenvalue weighted by Gasteiger charge is -2.26. The molecule has 0 aliphatic carbocycles. The van der Waals surface area contributed by atoms with Crippen LogP contribution in [0.25, 0.3) is 55.0 Å². The maximum atomic E-state index is 6.28. The quantitative estimate of drug-likeness (QED) is 0.182. The fourth-order valence-electron chi connectivity index (χ4n) is 7.01. The minimum absolute atomic E-state index is 0.700. The standard InChI is InChI=1S/C42H27Cl2N3/c43-28-16-20-30(21-17-28)45(31-22-18-29(44)19-23-31)32-24-26-33(27-25-32)46-38-12-4-3-10-36(38)37-11-7-15-41(42(37)46)47-39-13-5-1-8-34(39)35-9-2-6-14-40(35)47/h1-27H. The van der Waals surface area contributed by atoms with Crippen molar-refractivity contribution in [1.82, 2.24) is 9.13 Å². The summed E-state index contributed by atoms with van der Waals surface area (Å²) < 4.78 is 4.82. The molecule has 0 aliphatic rings.